The van der Waals surface area contributed by atoms with E-state index in [4.69, 9.17) is 11.6 Å². The van der Waals surface area contributed by atoms with Gasteiger partial charge in [0.25, 0.3) is 0 Å². The molecule has 0 saturated carbocycles. The van der Waals surface area contributed by atoms with Gasteiger partial charge in [-0.25, -0.2) is 4.39 Å². The van der Waals surface area contributed by atoms with E-state index in [9.17, 15) is 4.39 Å². The molecule has 18 heavy (non-hydrogen) atoms. The molecule has 1 aromatic heterocycles. The van der Waals surface area contributed by atoms with Gasteiger partial charge in [0, 0.05) is 19.8 Å². The van der Waals surface area contributed by atoms with Crippen LogP contribution in [0.25, 0.3) is 0 Å². The van der Waals surface area contributed by atoms with E-state index in [1.807, 2.05) is 20.2 Å². The van der Waals surface area contributed by atoms with Crippen LogP contribution in [0.5, 0.6) is 0 Å². The number of rotatable bonds is 4. The van der Waals surface area contributed by atoms with Gasteiger partial charge in [0.1, 0.15) is 5.82 Å². The van der Waals surface area contributed by atoms with Crippen molar-refractivity contribution in [3.63, 3.8) is 0 Å². The highest BCUT2D eigenvalue weighted by molar-refractivity contribution is 6.31. The quantitative estimate of drug-likeness (QED) is 0.920. The zero-order valence-electron chi connectivity index (χ0n) is 10.4. The molecule has 0 aliphatic carbocycles. The predicted octanol–water partition coefficient (Wildman–Crippen LogP) is 3.39. The molecule has 0 radical (unpaired) electrons. The number of aryl methyl sites for hydroxylation is 2. The third kappa shape index (κ3) is 2.64. The molecule has 1 heterocycles. The van der Waals surface area contributed by atoms with Crippen molar-refractivity contribution >= 4 is 17.3 Å². The van der Waals surface area contributed by atoms with Crippen molar-refractivity contribution in [3.8, 4) is 0 Å². The maximum absolute atomic E-state index is 13.3. The van der Waals surface area contributed by atoms with Crippen molar-refractivity contribution < 1.29 is 4.39 Å². The van der Waals surface area contributed by atoms with Crippen molar-refractivity contribution in [1.29, 1.82) is 0 Å². The third-order valence-electron chi connectivity index (χ3n) is 2.74. The summed E-state index contributed by atoms with van der Waals surface area (Å²) in [5.41, 5.74) is 2.69. The van der Waals surface area contributed by atoms with Gasteiger partial charge in [0.15, 0.2) is 0 Å². The van der Waals surface area contributed by atoms with E-state index in [0.717, 1.165) is 23.4 Å². The number of benzene rings is 1. The van der Waals surface area contributed by atoms with E-state index < -0.39 is 5.82 Å². The molecule has 0 bridgehead atoms. The van der Waals surface area contributed by atoms with Crippen LogP contribution >= 0.6 is 11.6 Å². The first-order valence-corrected chi connectivity index (χ1v) is 6.19. The molecule has 0 saturated heterocycles. The van der Waals surface area contributed by atoms with Gasteiger partial charge in [0.05, 0.1) is 16.4 Å². The van der Waals surface area contributed by atoms with Crippen molar-refractivity contribution in [3.05, 3.63) is 46.5 Å². The molecule has 3 nitrogen and oxygen atoms in total. The van der Waals surface area contributed by atoms with Gasteiger partial charge in [0.2, 0.25) is 0 Å². The molecule has 0 aliphatic rings. The summed E-state index contributed by atoms with van der Waals surface area (Å²) in [5, 5.41) is 7.74. The van der Waals surface area contributed by atoms with Crippen molar-refractivity contribution in [2.45, 2.75) is 19.9 Å². The third-order valence-corrected chi connectivity index (χ3v) is 3.16. The molecule has 0 atom stereocenters. The topological polar surface area (TPSA) is 29.9 Å². The summed E-state index contributed by atoms with van der Waals surface area (Å²) in [7, 11) is 1.87. The average molecular weight is 268 g/mol. The van der Waals surface area contributed by atoms with E-state index in [0.29, 0.717) is 6.54 Å². The number of hydrogen-bond acceptors (Lipinski definition) is 2. The molecule has 0 unspecified atom stereocenters. The normalized spacial score (nSPS) is 10.7. The Kier molecular flexibility index (Phi) is 3.87. The first kappa shape index (κ1) is 12.9. The second-order valence-corrected chi connectivity index (χ2v) is 4.46. The van der Waals surface area contributed by atoms with Crippen LogP contribution < -0.4 is 5.32 Å². The molecule has 0 amide bonds. The average Bonchev–Trinajstić information content (AvgIpc) is 2.71. The Morgan fingerprint density at radius 2 is 2.22 bits per heavy atom. The summed E-state index contributed by atoms with van der Waals surface area (Å²) in [6, 6.07) is 4.82. The highest BCUT2D eigenvalue weighted by Gasteiger charge is 2.08. The highest BCUT2D eigenvalue weighted by Crippen LogP contribution is 2.21. The first-order chi connectivity index (χ1) is 8.61. The Bertz CT molecular complexity index is 551. The Labute approximate surface area is 111 Å². The number of aromatic nitrogens is 2. The Morgan fingerprint density at radius 3 is 2.94 bits per heavy atom. The van der Waals surface area contributed by atoms with E-state index in [2.05, 4.69) is 10.4 Å². The standard InChI is InChI=1S/C13H15ClFN3/c1-3-11-12(8-18(2)17-11)16-7-9-5-4-6-10(15)13(9)14/h4-6,8,16H,3,7H2,1-2H3. The number of nitrogens with zero attached hydrogens (tertiary/aromatic N) is 2. The summed E-state index contributed by atoms with van der Waals surface area (Å²) in [6.07, 6.45) is 2.76. The molecule has 1 N–H and O–H groups in total. The Balaban J connectivity index is 2.13. The Hall–Kier alpha value is -1.55. The summed E-state index contributed by atoms with van der Waals surface area (Å²) >= 11 is 5.90. The second kappa shape index (κ2) is 5.40. The van der Waals surface area contributed by atoms with E-state index in [1.54, 1.807) is 16.8 Å². The van der Waals surface area contributed by atoms with Gasteiger partial charge in [-0.15, -0.1) is 0 Å². The van der Waals surface area contributed by atoms with Gasteiger partial charge < -0.3 is 5.32 Å². The fraction of sp³-hybridized carbons (Fsp3) is 0.308. The van der Waals surface area contributed by atoms with Crippen molar-refractivity contribution in [2.24, 2.45) is 7.05 Å². The van der Waals surface area contributed by atoms with E-state index >= 15 is 0 Å². The summed E-state index contributed by atoms with van der Waals surface area (Å²) in [6.45, 7) is 2.53. The van der Waals surface area contributed by atoms with Gasteiger partial charge in [-0.1, -0.05) is 30.7 Å². The fourth-order valence-electron chi connectivity index (χ4n) is 1.82. The van der Waals surface area contributed by atoms with Crippen LogP contribution in [-0.2, 0) is 20.0 Å². The van der Waals surface area contributed by atoms with Crippen LogP contribution in [0.15, 0.2) is 24.4 Å². The van der Waals surface area contributed by atoms with E-state index in [-0.39, 0.29) is 5.02 Å². The molecule has 0 spiro atoms. The molecule has 96 valence electrons. The number of nitrogens with one attached hydrogen (secondary N) is 1. The molecule has 2 aromatic rings. The minimum Gasteiger partial charge on any atom is -0.378 e. The summed E-state index contributed by atoms with van der Waals surface area (Å²) < 4.78 is 15.0. The zero-order valence-corrected chi connectivity index (χ0v) is 11.1. The number of halogens is 2. The number of anilines is 1. The smallest absolute Gasteiger partial charge is 0.142 e. The minimum atomic E-state index is -0.391. The highest BCUT2D eigenvalue weighted by atomic mass is 35.5. The molecule has 0 fully saturated rings. The monoisotopic (exact) mass is 267 g/mol. The van der Waals surface area contributed by atoms with Gasteiger partial charge in [-0.3, -0.25) is 4.68 Å². The predicted molar refractivity (Wildman–Crippen MR) is 71.3 cm³/mol. The lowest BCUT2D eigenvalue weighted by atomic mass is 10.2. The molecular weight excluding hydrogens is 253 g/mol. The minimum absolute atomic E-state index is 0.173. The number of hydrogen-bond donors (Lipinski definition) is 1. The van der Waals surface area contributed by atoms with Gasteiger partial charge in [-0.2, -0.15) is 5.10 Å². The molecule has 0 aliphatic heterocycles. The first-order valence-electron chi connectivity index (χ1n) is 5.81. The lowest BCUT2D eigenvalue weighted by Gasteiger charge is -2.07. The van der Waals surface area contributed by atoms with Gasteiger partial charge in [-0.05, 0) is 18.1 Å². The molecule has 2 rings (SSSR count). The lowest BCUT2D eigenvalue weighted by molar-refractivity contribution is 0.626. The van der Waals surface area contributed by atoms with Crippen LogP contribution in [0, 0.1) is 5.82 Å². The lowest BCUT2D eigenvalue weighted by Crippen LogP contribution is -2.02. The zero-order chi connectivity index (χ0) is 13.1. The molecule has 1 aromatic carbocycles. The molecular formula is C13H15ClFN3. The van der Waals surface area contributed by atoms with Crippen LogP contribution in [0.2, 0.25) is 5.02 Å². The summed E-state index contributed by atoms with van der Waals surface area (Å²) in [4.78, 5) is 0. The SMILES string of the molecule is CCc1nn(C)cc1NCc1cccc(F)c1Cl. The summed E-state index contributed by atoms with van der Waals surface area (Å²) in [5.74, 6) is -0.391. The van der Waals surface area contributed by atoms with Crippen LogP contribution in [0.1, 0.15) is 18.2 Å². The second-order valence-electron chi connectivity index (χ2n) is 4.08. The van der Waals surface area contributed by atoms with Crippen LogP contribution in [0.4, 0.5) is 10.1 Å². The van der Waals surface area contributed by atoms with Crippen LogP contribution in [0.3, 0.4) is 0 Å². The van der Waals surface area contributed by atoms with E-state index in [1.165, 1.54) is 6.07 Å². The van der Waals surface area contributed by atoms with Gasteiger partial charge >= 0.3 is 0 Å². The largest absolute Gasteiger partial charge is 0.378 e. The maximum Gasteiger partial charge on any atom is 0.142 e. The van der Waals surface area contributed by atoms with Crippen LogP contribution in [-0.4, -0.2) is 9.78 Å². The van der Waals surface area contributed by atoms with Crippen molar-refractivity contribution in [2.75, 3.05) is 5.32 Å². The molecule has 5 heteroatoms. The van der Waals surface area contributed by atoms with Crippen molar-refractivity contribution in [1.82, 2.24) is 9.78 Å². The maximum atomic E-state index is 13.3. The Morgan fingerprint density at radius 1 is 1.44 bits per heavy atom. The fourth-order valence-corrected chi connectivity index (χ4v) is 2.01.